The van der Waals surface area contributed by atoms with Gasteiger partial charge in [-0.25, -0.2) is 4.63 Å². The summed E-state index contributed by atoms with van der Waals surface area (Å²) < 4.78 is 82.7. The summed E-state index contributed by atoms with van der Waals surface area (Å²) in [6, 6.07) is 9.27. The van der Waals surface area contributed by atoms with Crippen molar-refractivity contribution in [1.82, 2.24) is 10.3 Å². The number of halogens is 6. The van der Waals surface area contributed by atoms with Crippen LogP contribution in [0, 0.1) is 0 Å². The third kappa shape index (κ3) is 3.62. The van der Waals surface area contributed by atoms with E-state index in [0.717, 1.165) is 28.9 Å². The van der Waals surface area contributed by atoms with Crippen LogP contribution in [0.25, 0.3) is 11.3 Å². The number of nitrogens with zero attached hydrogens (tertiary/aromatic N) is 3. The number of hydrogen-bond donors (Lipinski definition) is 1. The molecule has 0 unspecified atom stereocenters. The summed E-state index contributed by atoms with van der Waals surface area (Å²) in [6.07, 6.45) is -9.61. The van der Waals surface area contributed by atoms with E-state index in [0.29, 0.717) is 36.4 Å². The molecule has 0 bridgehead atoms. The second-order valence-electron chi connectivity index (χ2n) is 7.21. The van der Waals surface area contributed by atoms with Crippen LogP contribution in [0.2, 0.25) is 0 Å². The Bertz CT molecular complexity index is 1050. The summed E-state index contributed by atoms with van der Waals surface area (Å²) in [4.78, 5) is 1.97. The van der Waals surface area contributed by atoms with E-state index in [4.69, 9.17) is 0 Å². The van der Waals surface area contributed by atoms with Crippen molar-refractivity contribution in [3.05, 3.63) is 65.4 Å². The zero-order chi connectivity index (χ0) is 22.4. The fourth-order valence-electron chi connectivity index (χ4n) is 3.65. The molecule has 31 heavy (non-hydrogen) atoms. The summed E-state index contributed by atoms with van der Waals surface area (Å²) in [5, 5.41) is 16.8. The van der Waals surface area contributed by atoms with Crippen LogP contribution in [0.3, 0.4) is 0 Å². The van der Waals surface area contributed by atoms with Gasteiger partial charge in [0, 0.05) is 29.9 Å². The third-order valence-corrected chi connectivity index (χ3v) is 5.29. The van der Waals surface area contributed by atoms with Crippen molar-refractivity contribution >= 4 is 5.69 Å². The summed E-state index contributed by atoms with van der Waals surface area (Å²) in [5.41, 5.74) is -2.35. The molecule has 0 saturated carbocycles. The minimum Gasteiger partial charge on any atom is -0.369 e. The third-order valence-electron chi connectivity index (χ3n) is 5.29. The first kappa shape index (κ1) is 21.2. The van der Waals surface area contributed by atoms with Crippen LogP contribution >= 0.6 is 0 Å². The number of hydrogen-bond acceptors (Lipinski definition) is 5. The summed E-state index contributed by atoms with van der Waals surface area (Å²) in [7, 11) is 0. The molecule has 0 fully saturated rings. The van der Waals surface area contributed by atoms with E-state index >= 15 is 0 Å². The lowest BCUT2D eigenvalue weighted by Crippen LogP contribution is -2.53. The van der Waals surface area contributed by atoms with Gasteiger partial charge in [-0.15, -0.1) is 0 Å². The van der Waals surface area contributed by atoms with Crippen LogP contribution in [0.5, 0.6) is 0 Å². The van der Waals surface area contributed by atoms with Crippen LogP contribution in [-0.2, 0) is 18.6 Å². The van der Waals surface area contributed by atoms with Gasteiger partial charge in [0.25, 0.3) is 5.60 Å². The SMILES string of the molecule is OC(c1ccc(CN2CCc3cc(-c4cnon4)ccc32)cc1)(C(F)(F)F)C(F)(F)F. The molecule has 2 aromatic carbocycles. The molecule has 1 N–H and O–H groups in total. The Balaban J connectivity index is 1.55. The zero-order valence-electron chi connectivity index (χ0n) is 15.7. The van der Waals surface area contributed by atoms with Gasteiger partial charge < -0.3 is 10.0 Å². The Morgan fingerprint density at radius 3 is 2.23 bits per heavy atom. The molecule has 1 aliphatic heterocycles. The van der Waals surface area contributed by atoms with E-state index in [-0.39, 0.29) is 6.54 Å². The minimum absolute atomic E-state index is 0.286. The van der Waals surface area contributed by atoms with Crippen molar-refractivity contribution in [1.29, 1.82) is 0 Å². The van der Waals surface area contributed by atoms with E-state index in [1.165, 1.54) is 6.20 Å². The number of fused-ring (bicyclic) bond motifs is 1. The van der Waals surface area contributed by atoms with Crippen molar-refractivity contribution in [3.8, 4) is 11.3 Å². The number of rotatable bonds is 4. The van der Waals surface area contributed by atoms with Gasteiger partial charge >= 0.3 is 12.4 Å². The van der Waals surface area contributed by atoms with Crippen LogP contribution in [0.15, 0.2) is 53.3 Å². The predicted octanol–water partition coefficient (Wildman–Crippen LogP) is 4.61. The maximum Gasteiger partial charge on any atom is 0.430 e. The largest absolute Gasteiger partial charge is 0.430 e. The highest BCUT2D eigenvalue weighted by Gasteiger charge is 2.71. The molecule has 1 aliphatic rings. The van der Waals surface area contributed by atoms with Crippen LogP contribution in [-0.4, -0.2) is 34.3 Å². The Morgan fingerprint density at radius 2 is 1.65 bits per heavy atom. The molecular formula is C20H15F6N3O2. The van der Waals surface area contributed by atoms with Crippen molar-refractivity contribution in [2.24, 2.45) is 0 Å². The molecule has 1 aromatic heterocycles. The first-order chi connectivity index (χ1) is 14.5. The number of anilines is 1. The fourth-order valence-corrected chi connectivity index (χ4v) is 3.65. The molecule has 2 heterocycles. The van der Waals surface area contributed by atoms with E-state index in [9.17, 15) is 31.4 Å². The fraction of sp³-hybridized carbons (Fsp3) is 0.300. The number of benzene rings is 2. The Hall–Kier alpha value is -3.08. The van der Waals surface area contributed by atoms with Crippen molar-refractivity contribution in [2.75, 3.05) is 11.4 Å². The van der Waals surface area contributed by atoms with E-state index in [1.807, 2.05) is 23.1 Å². The van der Waals surface area contributed by atoms with Gasteiger partial charge in [-0.2, -0.15) is 26.3 Å². The van der Waals surface area contributed by atoms with Crippen LogP contribution in [0.1, 0.15) is 16.7 Å². The molecule has 11 heteroatoms. The summed E-state index contributed by atoms with van der Waals surface area (Å²) >= 11 is 0. The van der Waals surface area contributed by atoms with Crippen molar-refractivity contribution in [3.63, 3.8) is 0 Å². The summed E-state index contributed by atoms with van der Waals surface area (Å²) in [6.45, 7) is 0.918. The number of aliphatic hydroxyl groups is 1. The molecule has 0 atom stereocenters. The van der Waals surface area contributed by atoms with E-state index in [1.54, 1.807) is 0 Å². The number of alkyl halides is 6. The normalized spacial score (nSPS) is 14.7. The standard InChI is InChI=1S/C20H15F6N3O2/c21-19(22,23)18(30,20(24,25)26)15-4-1-12(2-5-15)11-29-8-7-14-9-13(3-6-17(14)29)16-10-27-31-28-16/h1-6,9-10,30H,7-8,11H2. The average molecular weight is 443 g/mol. The highest BCUT2D eigenvalue weighted by molar-refractivity contribution is 5.68. The molecule has 164 valence electrons. The maximum atomic E-state index is 13.0. The molecule has 0 amide bonds. The molecule has 3 aromatic rings. The highest BCUT2D eigenvalue weighted by atomic mass is 19.4. The monoisotopic (exact) mass is 443 g/mol. The topological polar surface area (TPSA) is 62.4 Å². The first-order valence-corrected chi connectivity index (χ1v) is 9.12. The number of aromatic nitrogens is 2. The van der Waals surface area contributed by atoms with Crippen LogP contribution < -0.4 is 4.90 Å². The molecule has 4 rings (SSSR count). The van der Waals surface area contributed by atoms with Crippen molar-refractivity contribution in [2.45, 2.75) is 30.9 Å². The van der Waals surface area contributed by atoms with Crippen molar-refractivity contribution < 1.29 is 36.1 Å². The Morgan fingerprint density at radius 1 is 0.968 bits per heavy atom. The van der Waals surface area contributed by atoms with E-state index < -0.39 is 23.5 Å². The lowest BCUT2D eigenvalue weighted by Gasteiger charge is -2.32. The maximum absolute atomic E-state index is 13.0. The lowest BCUT2D eigenvalue weighted by molar-refractivity contribution is -0.376. The molecule has 0 radical (unpaired) electrons. The molecule has 0 saturated heterocycles. The van der Waals surface area contributed by atoms with E-state index in [2.05, 4.69) is 14.9 Å². The molecule has 0 aliphatic carbocycles. The van der Waals surface area contributed by atoms with Gasteiger partial charge in [-0.1, -0.05) is 35.5 Å². The predicted molar refractivity (Wildman–Crippen MR) is 96.9 cm³/mol. The summed E-state index contributed by atoms with van der Waals surface area (Å²) in [5.74, 6) is 0. The van der Waals surface area contributed by atoms with Gasteiger partial charge in [0.2, 0.25) is 0 Å². The molecule has 0 spiro atoms. The second-order valence-corrected chi connectivity index (χ2v) is 7.21. The van der Waals surface area contributed by atoms with Gasteiger partial charge in [0.1, 0.15) is 5.69 Å². The zero-order valence-corrected chi connectivity index (χ0v) is 15.7. The van der Waals surface area contributed by atoms with Gasteiger partial charge in [0.15, 0.2) is 0 Å². The molecular weight excluding hydrogens is 428 g/mol. The first-order valence-electron chi connectivity index (χ1n) is 9.12. The molecule has 5 nitrogen and oxygen atoms in total. The smallest absolute Gasteiger partial charge is 0.369 e. The highest BCUT2D eigenvalue weighted by Crippen LogP contribution is 2.50. The quantitative estimate of drug-likeness (QED) is 0.597. The Kier molecular flexibility index (Phi) is 4.95. The van der Waals surface area contributed by atoms with Crippen LogP contribution in [0.4, 0.5) is 32.0 Å². The lowest BCUT2D eigenvalue weighted by atomic mass is 9.91. The van der Waals surface area contributed by atoms with Gasteiger partial charge in [-0.05, 0) is 34.8 Å². The second kappa shape index (κ2) is 7.26. The average Bonchev–Trinajstić information content (AvgIpc) is 3.36. The minimum atomic E-state index is -5.91. The van der Waals surface area contributed by atoms with Gasteiger partial charge in [-0.3, -0.25) is 0 Å². The Labute approximate surface area is 171 Å². The van der Waals surface area contributed by atoms with Gasteiger partial charge in [0.05, 0.1) is 6.20 Å².